The number of phenols is 3. The Hall–Kier alpha value is -2.73. The number of aromatic hydroxyl groups is 3. The van der Waals surface area contributed by atoms with Crippen molar-refractivity contribution in [3.8, 4) is 34.1 Å². The molecule has 0 aromatic heterocycles. The Morgan fingerprint density at radius 3 is 2.50 bits per heavy atom. The first-order chi connectivity index (χ1) is 10.4. The molecule has 0 unspecified atom stereocenters. The standard InChI is InChI=1S/C16H14O6/c17-7-16(21)6-9-3-13(19)14(20)5-12(9)11-2-1-10(18)4-15(11)22-8-16/h1-5,7,18-21H,6,8H2/t16-/m1/s1. The Morgan fingerprint density at radius 2 is 1.77 bits per heavy atom. The third-order valence-corrected chi connectivity index (χ3v) is 3.65. The molecule has 0 saturated heterocycles. The molecule has 3 rings (SSSR count). The molecule has 2 aromatic carbocycles. The van der Waals surface area contributed by atoms with Gasteiger partial charge in [0.1, 0.15) is 18.1 Å². The number of carbonyl (C=O) groups is 1. The minimum atomic E-state index is -1.76. The lowest BCUT2D eigenvalue weighted by Gasteiger charge is -2.27. The van der Waals surface area contributed by atoms with Gasteiger partial charge >= 0.3 is 0 Å². The molecule has 0 fully saturated rings. The first-order valence-electron chi connectivity index (χ1n) is 6.61. The zero-order chi connectivity index (χ0) is 15.9. The summed E-state index contributed by atoms with van der Waals surface area (Å²) in [7, 11) is 0. The van der Waals surface area contributed by atoms with Crippen LogP contribution in [0.15, 0.2) is 30.3 Å². The molecule has 4 N–H and O–H groups in total. The molecule has 2 aromatic rings. The normalized spacial score (nSPS) is 20.0. The van der Waals surface area contributed by atoms with E-state index in [-0.39, 0.29) is 36.0 Å². The van der Waals surface area contributed by atoms with Crippen LogP contribution in [0.5, 0.6) is 23.0 Å². The number of fused-ring (bicyclic) bond motifs is 3. The third-order valence-electron chi connectivity index (χ3n) is 3.65. The van der Waals surface area contributed by atoms with E-state index in [9.17, 15) is 25.2 Å². The molecule has 6 nitrogen and oxygen atoms in total. The second-order valence-corrected chi connectivity index (χ2v) is 5.37. The Bertz CT molecular complexity index is 755. The highest BCUT2D eigenvalue weighted by Crippen LogP contribution is 2.42. The van der Waals surface area contributed by atoms with Crippen molar-refractivity contribution < 1.29 is 30.0 Å². The first kappa shape index (κ1) is 14.2. The van der Waals surface area contributed by atoms with Gasteiger partial charge in [-0.25, -0.2) is 0 Å². The van der Waals surface area contributed by atoms with Crippen LogP contribution in [-0.2, 0) is 11.2 Å². The molecule has 0 saturated carbocycles. The van der Waals surface area contributed by atoms with E-state index in [1.807, 2.05) is 0 Å². The monoisotopic (exact) mass is 302 g/mol. The summed E-state index contributed by atoms with van der Waals surface area (Å²) in [6.07, 6.45) is 0.314. The molecule has 1 aliphatic heterocycles. The Labute approximate surface area is 125 Å². The van der Waals surface area contributed by atoms with Crippen LogP contribution in [0.1, 0.15) is 5.56 Å². The van der Waals surface area contributed by atoms with E-state index in [0.717, 1.165) is 0 Å². The minimum Gasteiger partial charge on any atom is -0.508 e. The minimum absolute atomic E-state index is 0.0292. The summed E-state index contributed by atoms with van der Waals surface area (Å²) in [6, 6.07) is 7.07. The summed E-state index contributed by atoms with van der Waals surface area (Å²) < 4.78 is 5.46. The number of phenolic OH excluding ortho intramolecular Hbond substituents is 3. The van der Waals surface area contributed by atoms with E-state index in [1.165, 1.54) is 24.3 Å². The summed E-state index contributed by atoms with van der Waals surface area (Å²) in [6.45, 7) is -0.284. The van der Waals surface area contributed by atoms with Crippen LogP contribution in [0.2, 0.25) is 0 Å². The van der Waals surface area contributed by atoms with Crippen LogP contribution in [0, 0.1) is 0 Å². The summed E-state index contributed by atoms with van der Waals surface area (Å²) in [4.78, 5) is 11.2. The second kappa shape index (κ2) is 4.92. The molecule has 22 heavy (non-hydrogen) atoms. The Balaban J connectivity index is 2.27. The molecule has 0 amide bonds. The van der Waals surface area contributed by atoms with Crippen LogP contribution in [0.3, 0.4) is 0 Å². The average molecular weight is 302 g/mol. The van der Waals surface area contributed by atoms with Crippen molar-refractivity contribution in [2.45, 2.75) is 12.0 Å². The van der Waals surface area contributed by atoms with Crippen molar-refractivity contribution >= 4 is 6.29 Å². The van der Waals surface area contributed by atoms with Crippen LogP contribution in [-0.4, -0.2) is 38.9 Å². The van der Waals surface area contributed by atoms with E-state index in [2.05, 4.69) is 0 Å². The molecule has 0 bridgehead atoms. The topological polar surface area (TPSA) is 107 Å². The molecular weight excluding hydrogens is 288 g/mol. The molecule has 1 heterocycles. The van der Waals surface area contributed by atoms with Gasteiger partial charge in [-0.3, -0.25) is 4.79 Å². The maximum atomic E-state index is 11.2. The van der Waals surface area contributed by atoms with Crippen LogP contribution < -0.4 is 4.74 Å². The summed E-state index contributed by atoms with van der Waals surface area (Å²) >= 11 is 0. The van der Waals surface area contributed by atoms with Gasteiger partial charge in [0.25, 0.3) is 0 Å². The van der Waals surface area contributed by atoms with Gasteiger partial charge in [0.05, 0.1) is 0 Å². The van der Waals surface area contributed by atoms with Crippen molar-refractivity contribution in [2.24, 2.45) is 0 Å². The summed E-state index contributed by atoms with van der Waals surface area (Å²) in [5, 5.41) is 39.3. The van der Waals surface area contributed by atoms with Crippen LogP contribution >= 0.6 is 0 Å². The van der Waals surface area contributed by atoms with E-state index < -0.39 is 5.60 Å². The van der Waals surface area contributed by atoms with E-state index >= 15 is 0 Å². The van der Waals surface area contributed by atoms with Gasteiger partial charge in [-0.2, -0.15) is 0 Å². The van der Waals surface area contributed by atoms with Crippen molar-refractivity contribution in [1.82, 2.24) is 0 Å². The zero-order valence-electron chi connectivity index (χ0n) is 11.5. The highest BCUT2D eigenvalue weighted by Gasteiger charge is 2.32. The highest BCUT2D eigenvalue weighted by molar-refractivity contribution is 5.78. The maximum absolute atomic E-state index is 11.2. The lowest BCUT2D eigenvalue weighted by molar-refractivity contribution is -0.127. The Kier molecular flexibility index (Phi) is 3.18. The zero-order valence-corrected chi connectivity index (χ0v) is 11.5. The fourth-order valence-corrected chi connectivity index (χ4v) is 2.53. The fraction of sp³-hybridized carbons (Fsp3) is 0.188. The molecule has 1 atom stereocenters. The van der Waals surface area contributed by atoms with Crippen molar-refractivity contribution in [1.29, 1.82) is 0 Å². The number of hydrogen-bond donors (Lipinski definition) is 4. The molecule has 114 valence electrons. The largest absolute Gasteiger partial charge is 0.508 e. The van der Waals surface area contributed by atoms with Crippen molar-refractivity contribution in [3.05, 3.63) is 35.9 Å². The van der Waals surface area contributed by atoms with Crippen LogP contribution in [0.4, 0.5) is 0 Å². The Morgan fingerprint density at radius 1 is 1.05 bits per heavy atom. The molecule has 0 aliphatic carbocycles. The fourth-order valence-electron chi connectivity index (χ4n) is 2.53. The molecular formula is C16H14O6. The van der Waals surface area contributed by atoms with Gasteiger partial charge in [-0.1, -0.05) is 0 Å². The molecule has 6 heteroatoms. The van der Waals surface area contributed by atoms with Gasteiger partial charge in [0.2, 0.25) is 0 Å². The SMILES string of the molecule is O=C[C@@]1(O)COc2cc(O)ccc2-c2cc(O)c(O)cc2C1. The quantitative estimate of drug-likeness (QED) is 0.468. The van der Waals surface area contributed by atoms with Crippen LogP contribution in [0.25, 0.3) is 11.1 Å². The van der Waals surface area contributed by atoms with Gasteiger partial charge in [-0.05, 0) is 35.4 Å². The summed E-state index contributed by atoms with van der Waals surface area (Å²) in [5.74, 6) is -0.424. The predicted molar refractivity (Wildman–Crippen MR) is 77.1 cm³/mol. The second-order valence-electron chi connectivity index (χ2n) is 5.37. The number of ether oxygens (including phenoxy) is 1. The third kappa shape index (κ3) is 2.33. The molecule has 1 aliphatic rings. The number of benzene rings is 2. The maximum Gasteiger partial charge on any atom is 0.158 e. The highest BCUT2D eigenvalue weighted by atomic mass is 16.5. The average Bonchev–Trinajstić information content (AvgIpc) is 2.48. The smallest absolute Gasteiger partial charge is 0.158 e. The number of carbonyl (C=O) groups excluding carboxylic acids is 1. The van der Waals surface area contributed by atoms with Gasteiger partial charge < -0.3 is 25.2 Å². The van der Waals surface area contributed by atoms with Gasteiger partial charge in [-0.15, -0.1) is 0 Å². The molecule has 0 radical (unpaired) electrons. The predicted octanol–water partition coefficient (Wildman–Crippen LogP) is 1.34. The van der Waals surface area contributed by atoms with Gasteiger partial charge in [0, 0.05) is 18.1 Å². The lowest BCUT2D eigenvalue weighted by Crippen LogP contribution is -2.41. The van der Waals surface area contributed by atoms with Gasteiger partial charge in [0.15, 0.2) is 23.4 Å². The lowest BCUT2D eigenvalue weighted by atomic mass is 9.88. The van der Waals surface area contributed by atoms with Crippen molar-refractivity contribution in [3.63, 3.8) is 0 Å². The number of aldehydes is 1. The molecule has 0 spiro atoms. The van der Waals surface area contributed by atoms with Crippen molar-refractivity contribution in [2.75, 3.05) is 6.61 Å². The van der Waals surface area contributed by atoms with E-state index in [4.69, 9.17) is 4.74 Å². The number of aliphatic hydroxyl groups is 1. The van der Waals surface area contributed by atoms with E-state index in [0.29, 0.717) is 23.0 Å². The summed E-state index contributed by atoms with van der Waals surface area (Å²) in [5.41, 5.74) is -0.192. The van der Waals surface area contributed by atoms with E-state index in [1.54, 1.807) is 6.07 Å². The first-order valence-corrected chi connectivity index (χ1v) is 6.61. The number of rotatable bonds is 1. The number of hydrogen-bond acceptors (Lipinski definition) is 6.